The van der Waals surface area contributed by atoms with Gasteiger partial charge in [-0.2, -0.15) is 0 Å². The van der Waals surface area contributed by atoms with Crippen LogP contribution in [0.4, 0.5) is 0 Å². The summed E-state index contributed by atoms with van der Waals surface area (Å²) in [4.78, 5) is 4.50. The van der Waals surface area contributed by atoms with Gasteiger partial charge in [-0.05, 0) is 39.7 Å². The van der Waals surface area contributed by atoms with Gasteiger partial charge in [-0.3, -0.25) is 10.3 Å². The fourth-order valence-electron chi connectivity index (χ4n) is 1.23. The number of aliphatic imine (C=N–C) groups is 1. The van der Waals surface area contributed by atoms with Gasteiger partial charge >= 0.3 is 0 Å². The Kier molecular flexibility index (Phi) is 6.87. The predicted octanol–water partition coefficient (Wildman–Crippen LogP) is 2.84. The second-order valence-corrected chi connectivity index (χ2v) is 4.12. The summed E-state index contributed by atoms with van der Waals surface area (Å²) in [5.41, 5.74) is 1.27. The number of rotatable bonds is 6. The van der Waals surface area contributed by atoms with Gasteiger partial charge in [-0.1, -0.05) is 20.3 Å². The Morgan fingerprint density at radius 1 is 1.31 bits per heavy atom. The summed E-state index contributed by atoms with van der Waals surface area (Å²) in [6.07, 6.45) is 3.98. The minimum Gasteiger partial charge on any atom is -0.299 e. The van der Waals surface area contributed by atoms with Crippen LogP contribution < -0.4 is 5.32 Å². The van der Waals surface area contributed by atoms with Gasteiger partial charge in [-0.15, -0.1) is 0 Å². The number of hydrogen-bond donors (Lipinski definition) is 1. The summed E-state index contributed by atoms with van der Waals surface area (Å²) in [6, 6.07) is 0. The quantitative estimate of drug-likeness (QED) is 0.631. The van der Waals surface area contributed by atoms with Crippen LogP contribution in [0.3, 0.4) is 0 Å². The predicted molar refractivity (Wildman–Crippen MR) is 60.3 cm³/mol. The molecule has 0 fully saturated rings. The minimum absolute atomic E-state index is 0.263. The van der Waals surface area contributed by atoms with E-state index in [-0.39, 0.29) is 6.17 Å². The molecule has 0 aromatic heterocycles. The summed E-state index contributed by atoms with van der Waals surface area (Å²) < 4.78 is 0. The molecule has 1 N–H and O–H groups in total. The topological polar surface area (TPSA) is 24.4 Å². The normalized spacial score (nSPS) is 15.1. The van der Waals surface area contributed by atoms with Crippen molar-refractivity contribution in [3.05, 3.63) is 0 Å². The van der Waals surface area contributed by atoms with E-state index in [1.165, 1.54) is 18.6 Å². The van der Waals surface area contributed by atoms with E-state index in [0.29, 0.717) is 0 Å². The van der Waals surface area contributed by atoms with Crippen molar-refractivity contribution in [3.8, 4) is 0 Å². The number of nitrogens with zero attached hydrogens (tertiary/aromatic N) is 1. The standard InChI is InChI=1S/C11H24N2/c1-9(2)7-6-8-10(3)13-11(4)12-5/h9,11-12H,6-8H2,1-5H3. The molecule has 0 heterocycles. The molecule has 0 aliphatic carbocycles. The Morgan fingerprint density at radius 2 is 1.92 bits per heavy atom. The van der Waals surface area contributed by atoms with Crippen LogP contribution in [-0.2, 0) is 0 Å². The van der Waals surface area contributed by atoms with E-state index in [1.807, 2.05) is 7.05 Å². The van der Waals surface area contributed by atoms with Gasteiger partial charge in [0.05, 0.1) is 6.17 Å². The Bertz CT molecular complexity index is 150. The first kappa shape index (κ1) is 12.6. The van der Waals surface area contributed by atoms with Gasteiger partial charge in [0, 0.05) is 5.71 Å². The van der Waals surface area contributed by atoms with Gasteiger partial charge in [0.25, 0.3) is 0 Å². The lowest BCUT2D eigenvalue weighted by Crippen LogP contribution is -2.19. The Hall–Kier alpha value is -0.370. The van der Waals surface area contributed by atoms with Crippen molar-refractivity contribution in [1.29, 1.82) is 0 Å². The zero-order valence-corrected chi connectivity index (χ0v) is 9.72. The molecule has 0 aliphatic heterocycles. The van der Waals surface area contributed by atoms with Crippen LogP contribution >= 0.6 is 0 Å². The van der Waals surface area contributed by atoms with E-state index in [0.717, 1.165) is 12.3 Å². The van der Waals surface area contributed by atoms with Gasteiger partial charge in [-0.25, -0.2) is 0 Å². The van der Waals surface area contributed by atoms with Crippen molar-refractivity contribution < 1.29 is 0 Å². The smallest absolute Gasteiger partial charge is 0.0962 e. The number of nitrogens with one attached hydrogen (secondary N) is 1. The van der Waals surface area contributed by atoms with E-state index < -0.39 is 0 Å². The third-order valence-corrected chi connectivity index (χ3v) is 2.15. The molecule has 1 unspecified atom stereocenters. The van der Waals surface area contributed by atoms with Crippen LogP contribution in [0.5, 0.6) is 0 Å². The Balaban J connectivity index is 3.60. The molecule has 0 saturated heterocycles. The molecule has 0 aromatic carbocycles. The molecule has 0 amide bonds. The fraction of sp³-hybridized carbons (Fsp3) is 0.909. The Morgan fingerprint density at radius 3 is 2.38 bits per heavy atom. The van der Waals surface area contributed by atoms with Gasteiger partial charge in [0.15, 0.2) is 0 Å². The van der Waals surface area contributed by atoms with Crippen molar-refractivity contribution in [1.82, 2.24) is 5.32 Å². The van der Waals surface area contributed by atoms with Crippen molar-refractivity contribution in [2.45, 2.75) is 53.1 Å². The van der Waals surface area contributed by atoms with Crippen LogP contribution in [-0.4, -0.2) is 18.9 Å². The number of hydrogen-bond acceptors (Lipinski definition) is 2. The maximum absolute atomic E-state index is 4.50. The summed E-state index contributed by atoms with van der Waals surface area (Å²) in [7, 11) is 1.94. The SMILES string of the molecule is CNC(C)N=C(C)CCCC(C)C. The third-order valence-electron chi connectivity index (χ3n) is 2.15. The molecule has 0 saturated carbocycles. The second kappa shape index (κ2) is 7.07. The third kappa shape index (κ3) is 7.97. The molecule has 0 aromatic rings. The first-order chi connectivity index (χ1) is 6.06. The van der Waals surface area contributed by atoms with Crippen molar-refractivity contribution >= 4 is 5.71 Å². The highest BCUT2D eigenvalue weighted by Crippen LogP contribution is 2.07. The van der Waals surface area contributed by atoms with Crippen LogP contribution in [0.2, 0.25) is 0 Å². The maximum atomic E-state index is 4.50. The van der Waals surface area contributed by atoms with Gasteiger partial charge in [0.2, 0.25) is 0 Å². The van der Waals surface area contributed by atoms with Gasteiger partial charge < -0.3 is 0 Å². The Labute approximate surface area is 82.8 Å². The fourth-order valence-corrected chi connectivity index (χ4v) is 1.23. The minimum atomic E-state index is 0.263. The molecule has 0 aliphatic rings. The second-order valence-electron chi connectivity index (χ2n) is 4.12. The van der Waals surface area contributed by atoms with Crippen LogP contribution in [0.15, 0.2) is 4.99 Å². The molecule has 0 radical (unpaired) electrons. The monoisotopic (exact) mass is 184 g/mol. The van der Waals surface area contributed by atoms with E-state index in [2.05, 4.69) is 38.0 Å². The van der Waals surface area contributed by atoms with Crippen LogP contribution in [0.1, 0.15) is 47.0 Å². The van der Waals surface area contributed by atoms with E-state index in [1.54, 1.807) is 0 Å². The van der Waals surface area contributed by atoms with E-state index >= 15 is 0 Å². The van der Waals surface area contributed by atoms with Crippen LogP contribution in [0.25, 0.3) is 0 Å². The molecule has 1 atom stereocenters. The molecule has 2 heteroatoms. The molecule has 78 valence electrons. The molecular formula is C11H24N2. The van der Waals surface area contributed by atoms with E-state index in [9.17, 15) is 0 Å². The van der Waals surface area contributed by atoms with Gasteiger partial charge in [0.1, 0.15) is 0 Å². The van der Waals surface area contributed by atoms with Crippen LogP contribution in [0, 0.1) is 5.92 Å². The lowest BCUT2D eigenvalue weighted by Gasteiger charge is -2.07. The summed E-state index contributed by atoms with van der Waals surface area (Å²) in [6.45, 7) is 8.73. The highest BCUT2D eigenvalue weighted by atomic mass is 15.0. The zero-order chi connectivity index (χ0) is 10.3. The van der Waals surface area contributed by atoms with Crippen molar-refractivity contribution in [2.24, 2.45) is 10.9 Å². The van der Waals surface area contributed by atoms with Crippen molar-refractivity contribution in [3.63, 3.8) is 0 Å². The molecule has 0 bridgehead atoms. The molecule has 13 heavy (non-hydrogen) atoms. The maximum Gasteiger partial charge on any atom is 0.0962 e. The zero-order valence-electron chi connectivity index (χ0n) is 9.72. The average Bonchev–Trinajstić information content (AvgIpc) is 2.03. The first-order valence-electron chi connectivity index (χ1n) is 5.26. The lowest BCUT2D eigenvalue weighted by atomic mass is 10.1. The summed E-state index contributed by atoms with van der Waals surface area (Å²) >= 11 is 0. The first-order valence-corrected chi connectivity index (χ1v) is 5.26. The lowest BCUT2D eigenvalue weighted by molar-refractivity contribution is 0.562. The summed E-state index contributed by atoms with van der Waals surface area (Å²) in [5, 5.41) is 3.11. The van der Waals surface area contributed by atoms with E-state index in [4.69, 9.17) is 0 Å². The molecule has 0 rings (SSSR count). The van der Waals surface area contributed by atoms with Crippen molar-refractivity contribution in [2.75, 3.05) is 7.05 Å². The molecule has 0 spiro atoms. The molecule has 2 nitrogen and oxygen atoms in total. The largest absolute Gasteiger partial charge is 0.299 e. The average molecular weight is 184 g/mol. The molecular weight excluding hydrogens is 160 g/mol. The highest BCUT2D eigenvalue weighted by molar-refractivity contribution is 5.81. The highest BCUT2D eigenvalue weighted by Gasteiger charge is 1.98. The summed E-state index contributed by atoms with van der Waals surface area (Å²) in [5.74, 6) is 0.814.